The summed E-state index contributed by atoms with van der Waals surface area (Å²) in [5, 5.41) is 0. The topological polar surface area (TPSA) is 58.6 Å². The molecule has 0 spiro atoms. The van der Waals surface area contributed by atoms with E-state index in [1.54, 1.807) is 12.1 Å². The number of ether oxygens (including phenoxy) is 1. The minimum Gasteiger partial charge on any atom is -0.381 e. The van der Waals surface area contributed by atoms with Gasteiger partial charge in [0.2, 0.25) is 10.0 Å². The van der Waals surface area contributed by atoms with Crippen molar-refractivity contribution < 1.29 is 13.2 Å². The van der Waals surface area contributed by atoms with Gasteiger partial charge < -0.3 is 9.64 Å². The van der Waals surface area contributed by atoms with Crippen molar-refractivity contribution in [2.75, 3.05) is 44.5 Å². The monoisotopic (exact) mass is 358 g/mol. The molecule has 1 fully saturated rings. The summed E-state index contributed by atoms with van der Waals surface area (Å²) in [6.07, 6.45) is 1.77. The first kappa shape index (κ1) is 18.6. The Morgan fingerprint density at radius 2 is 1.83 bits per heavy atom. The Morgan fingerprint density at radius 1 is 1.22 bits per heavy atom. The number of hydrogen-bond donors (Lipinski definition) is 1. The highest BCUT2D eigenvalue weighted by Gasteiger charge is 2.34. The summed E-state index contributed by atoms with van der Waals surface area (Å²) in [6.45, 7) is 3.96. The van der Waals surface area contributed by atoms with Gasteiger partial charge in [-0.05, 0) is 42.9 Å². The lowest BCUT2D eigenvalue weighted by Crippen LogP contribution is -2.44. The third kappa shape index (κ3) is 4.86. The van der Waals surface area contributed by atoms with E-state index in [1.807, 2.05) is 42.9 Å². The summed E-state index contributed by atoms with van der Waals surface area (Å²) in [7, 11) is 0.377. The largest absolute Gasteiger partial charge is 0.381 e. The fraction of sp³-hybridized carbons (Fsp3) is 0.625. The lowest BCUT2D eigenvalue weighted by Gasteiger charge is -2.36. The number of nitrogens with zero attached hydrogens (tertiary/aromatic N) is 1. The number of nitrogens with one attached hydrogen (secondary N) is 1. The van der Waals surface area contributed by atoms with Crippen LogP contribution in [0.25, 0.3) is 0 Å². The third-order valence-corrected chi connectivity index (χ3v) is 6.97. The summed E-state index contributed by atoms with van der Waals surface area (Å²) in [5.74, 6) is 0.971. The van der Waals surface area contributed by atoms with Crippen molar-refractivity contribution in [1.29, 1.82) is 0 Å². The molecule has 1 heterocycles. The van der Waals surface area contributed by atoms with E-state index in [4.69, 9.17) is 4.74 Å². The van der Waals surface area contributed by atoms with Gasteiger partial charge in [0, 0.05) is 44.3 Å². The normalized spacial score (nSPS) is 17.9. The van der Waals surface area contributed by atoms with E-state index in [2.05, 4.69) is 11.6 Å². The molecule has 0 radical (unpaired) electrons. The number of sulfonamides is 1. The molecule has 0 aliphatic carbocycles. The van der Waals surface area contributed by atoms with Gasteiger partial charge in [-0.3, -0.25) is 0 Å². The molecule has 1 aromatic carbocycles. The molecule has 5 nitrogen and oxygen atoms in total. The van der Waals surface area contributed by atoms with Crippen LogP contribution >= 0.6 is 11.8 Å². The SMILES string of the molecule is CCSC1(CNS(=O)(=O)c2ccc(N(C)C)cc2)CCOCC1. The van der Waals surface area contributed by atoms with E-state index in [1.165, 1.54) is 0 Å². The lowest BCUT2D eigenvalue weighted by molar-refractivity contribution is 0.0784. The van der Waals surface area contributed by atoms with E-state index in [-0.39, 0.29) is 4.75 Å². The van der Waals surface area contributed by atoms with Gasteiger partial charge in [0.1, 0.15) is 0 Å². The molecule has 130 valence electrons. The molecule has 1 aliphatic heterocycles. The summed E-state index contributed by atoms with van der Waals surface area (Å²) in [5.41, 5.74) is 0.978. The van der Waals surface area contributed by atoms with Crippen LogP contribution in [0.5, 0.6) is 0 Å². The highest BCUT2D eigenvalue weighted by Crippen LogP contribution is 2.35. The van der Waals surface area contributed by atoms with Crippen LogP contribution in [-0.2, 0) is 14.8 Å². The van der Waals surface area contributed by atoms with Crippen molar-refractivity contribution in [3.05, 3.63) is 24.3 Å². The molecule has 1 aromatic rings. The van der Waals surface area contributed by atoms with Crippen LogP contribution in [-0.4, -0.2) is 52.8 Å². The van der Waals surface area contributed by atoms with Gasteiger partial charge in [0.05, 0.1) is 4.90 Å². The van der Waals surface area contributed by atoms with Gasteiger partial charge in [-0.2, -0.15) is 11.8 Å². The second-order valence-electron chi connectivity index (χ2n) is 5.94. The van der Waals surface area contributed by atoms with E-state index in [9.17, 15) is 8.42 Å². The molecule has 0 saturated carbocycles. The van der Waals surface area contributed by atoms with Gasteiger partial charge in [0.15, 0.2) is 0 Å². The van der Waals surface area contributed by atoms with Crippen molar-refractivity contribution in [3.63, 3.8) is 0 Å². The van der Waals surface area contributed by atoms with Gasteiger partial charge in [0.25, 0.3) is 0 Å². The number of benzene rings is 1. The van der Waals surface area contributed by atoms with Crippen LogP contribution in [0.4, 0.5) is 5.69 Å². The van der Waals surface area contributed by atoms with Gasteiger partial charge >= 0.3 is 0 Å². The average molecular weight is 359 g/mol. The Labute approximate surface area is 143 Å². The first-order chi connectivity index (χ1) is 10.9. The zero-order valence-corrected chi connectivity index (χ0v) is 15.7. The highest BCUT2D eigenvalue weighted by molar-refractivity contribution is 8.00. The van der Waals surface area contributed by atoms with Crippen LogP contribution in [0.2, 0.25) is 0 Å². The second-order valence-corrected chi connectivity index (χ2v) is 9.44. The fourth-order valence-electron chi connectivity index (χ4n) is 2.66. The number of rotatable bonds is 7. The standard InChI is InChI=1S/C16H26N2O3S2/c1-4-22-16(9-11-21-12-10-16)13-17-23(19,20)15-7-5-14(6-8-15)18(2)3/h5-8,17H,4,9-13H2,1-3H3. The van der Waals surface area contributed by atoms with Crippen LogP contribution in [0.1, 0.15) is 19.8 Å². The minimum absolute atomic E-state index is 0.0519. The molecule has 0 bridgehead atoms. The Balaban J connectivity index is 2.07. The number of anilines is 1. The smallest absolute Gasteiger partial charge is 0.240 e. The first-order valence-corrected chi connectivity index (χ1v) is 10.3. The van der Waals surface area contributed by atoms with Crippen LogP contribution in [0, 0.1) is 0 Å². The van der Waals surface area contributed by atoms with Crippen molar-refractivity contribution in [2.45, 2.75) is 29.4 Å². The number of thioether (sulfide) groups is 1. The minimum atomic E-state index is -3.48. The molecule has 0 amide bonds. The molecule has 0 unspecified atom stereocenters. The molecular weight excluding hydrogens is 332 g/mol. The average Bonchev–Trinajstić information content (AvgIpc) is 2.54. The lowest BCUT2D eigenvalue weighted by atomic mass is 9.99. The summed E-state index contributed by atoms with van der Waals surface area (Å²) in [4.78, 5) is 2.26. The maximum atomic E-state index is 12.5. The molecule has 7 heteroatoms. The molecular formula is C16H26N2O3S2. The van der Waals surface area contributed by atoms with Crippen molar-refractivity contribution in [2.24, 2.45) is 0 Å². The molecule has 23 heavy (non-hydrogen) atoms. The molecule has 1 N–H and O–H groups in total. The Kier molecular flexibility index (Phi) is 6.36. The zero-order chi connectivity index (χ0) is 16.9. The molecule has 1 aliphatic rings. The molecule has 0 atom stereocenters. The second kappa shape index (κ2) is 7.88. The molecule has 2 rings (SSSR count). The fourth-order valence-corrected chi connectivity index (χ4v) is 5.12. The third-order valence-electron chi connectivity index (χ3n) is 4.10. The van der Waals surface area contributed by atoms with E-state index in [0.717, 1.165) is 24.3 Å². The molecule has 1 saturated heterocycles. The van der Waals surface area contributed by atoms with E-state index in [0.29, 0.717) is 24.7 Å². The Hall–Kier alpha value is -0.760. The summed E-state index contributed by atoms with van der Waals surface area (Å²) in [6, 6.07) is 6.95. The first-order valence-electron chi connectivity index (χ1n) is 7.87. The quantitative estimate of drug-likeness (QED) is 0.811. The van der Waals surface area contributed by atoms with E-state index >= 15 is 0 Å². The van der Waals surface area contributed by atoms with E-state index < -0.39 is 10.0 Å². The van der Waals surface area contributed by atoms with Gasteiger partial charge in [-0.25, -0.2) is 13.1 Å². The predicted molar refractivity (Wildman–Crippen MR) is 96.9 cm³/mol. The zero-order valence-electron chi connectivity index (χ0n) is 14.0. The van der Waals surface area contributed by atoms with Crippen LogP contribution in [0.15, 0.2) is 29.2 Å². The van der Waals surface area contributed by atoms with Gasteiger partial charge in [-0.15, -0.1) is 0 Å². The van der Waals surface area contributed by atoms with Crippen LogP contribution in [0.3, 0.4) is 0 Å². The van der Waals surface area contributed by atoms with Crippen molar-refractivity contribution in [3.8, 4) is 0 Å². The maximum Gasteiger partial charge on any atom is 0.240 e. The predicted octanol–water partition coefficient (Wildman–Crippen LogP) is 2.33. The Bertz CT molecular complexity index is 589. The highest BCUT2D eigenvalue weighted by atomic mass is 32.2. The van der Waals surface area contributed by atoms with Gasteiger partial charge in [-0.1, -0.05) is 6.92 Å². The van der Waals surface area contributed by atoms with Crippen molar-refractivity contribution in [1.82, 2.24) is 4.72 Å². The summed E-state index contributed by atoms with van der Waals surface area (Å²) >= 11 is 1.83. The Morgan fingerprint density at radius 3 is 2.35 bits per heavy atom. The maximum absolute atomic E-state index is 12.5. The number of hydrogen-bond acceptors (Lipinski definition) is 5. The van der Waals surface area contributed by atoms with Crippen molar-refractivity contribution >= 4 is 27.5 Å². The van der Waals surface area contributed by atoms with Crippen LogP contribution < -0.4 is 9.62 Å². The molecule has 0 aromatic heterocycles. The summed E-state index contributed by atoms with van der Waals surface area (Å²) < 4.78 is 33.3.